The summed E-state index contributed by atoms with van der Waals surface area (Å²) in [5, 5.41) is 0. The molecule has 1 aromatic heterocycles. The van der Waals surface area contributed by atoms with Crippen molar-refractivity contribution >= 4 is 11.9 Å². The number of carbonyl (C=O) groups is 2. The molecule has 1 heterocycles. The predicted molar refractivity (Wildman–Crippen MR) is 57.6 cm³/mol. The molecule has 0 atom stereocenters. The van der Waals surface area contributed by atoms with E-state index in [1.807, 2.05) is 0 Å². The average Bonchev–Trinajstić information content (AvgIpc) is 2.39. The van der Waals surface area contributed by atoms with Crippen molar-refractivity contribution in [1.82, 2.24) is 4.98 Å². The second-order valence-corrected chi connectivity index (χ2v) is 3.24. The third-order valence-electron chi connectivity index (χ3n) is 2.16. The first-order valence-corrected chi connectivity index (χ1v) is 5.06. The van der Waals surface area contributed by atoms with E-state index in [9.17, 15) is 18.4 Å². The maximum atomic E-state index is 12.2. The number of rotatable bonds is 5. The van der Waals surface area contributed by atoms with E-state index < -0.39 is 30.2 Å². The molecule has 1 aromatic rings. The van der Waals surface area contributed by atoms with Crippen molar-refractivity contribution in [2.45, 2.75) is 12.5 Å². The second kappa shape index (κ2) is 6.62. The second-order valence-electron chi connectivity index (χ2n) is 3.24. The smallest absolute Gasteiger partial charge is 0.387 e. The molecule has 0 unspecified atom stereocenters. The summed E-state index contributed by atoms with van der Waals surface area (Å²) in [7, 11) is 2.10. The first-order valence-electron chi connectivity index (χ1n) is 5.06. The van der Waals surface area contributed by atoms with Crippen molar-refractivity contribution in [2.75, 3.05) is 14.2 Å². The molecule has 0 aliphatic rings. The summed E-state index contributed by atoms with van der Waals surface area (Å²) in [5.74, 6) is -3.93. The lowest BCUT2D eigenvalue weighted by atomic mass is 10.0. The van der Waals surface area contributed by atoms with Crippen molar-refractivity contribution in [3.05, 3.63) is 24.0 Å². The molecule has 0 amide bonds. The monoisotopic (exact) mass is 275 g/mol. The van der Waals surface area contributed by atoms with Crippen LogP contribution in [-0.2, 0) is 19.1 Å². The Morgan fingerprint density at radius 2 is 1.79 bits per heavy atom. The Morgan fingerprint density at radius 1 is 1.21 bits per heavy atom. The molecule has 0 aromatic carbocycles. The number of carbonyl (C=O) groups excluding carboxylic acids is 2. The number of alkyl halides is 2. The summed E-state index contributed by atoms with van der Waals surface area (Å²) in [6.45, 7) is -3.11. The summed E-state index contributed by atoms with van der Waals surface area (Å²) >= 11 is 0. The van der Waals surface area contributed by atoms with Gasteiger partial charge in [0.15, 0.2) is 5.92 Å². The van der Waals surface area contributed by atoms with Gasteiger partial charge in [0.1, 0.15) is 11.4 Å². The third-order valence-corrected chi connectivity index (χ3v) is 2.16. The molecule has 0 aliphatic carbocycles. The Balaban J connectivity index is 3.22. The number of hydrogen-bond donors (Lipinski definition) is 0. The zero-order chi connectivity index (χ0) is 14.4. The fourth-order valence-corrected chi connectivity index (χ4v) is 1.37. The van der Waals surface area contributed by atoms with Gasteiger partial charge in [-0.1, -0.05) is 0 Å². The van der Waals surface area contributed by atoms with Gasteiger partial charge in [-0.25, -0.2) is 0 Å². The number of hydrogen-bond acceptors (Lipinski definition) is 6. The lowest BCUT2D eigenvalue weighted by molar-refractivity contribution is -0.154. The molecule has 8 heteroatoms. The Kier molecular flexibility index (Phi) is 5.16. The molecule has 6 nitrogen and oxygen atoms in total. The topological polar surface area (TPSA) is 74.7 Å². The molecule has 0 spiro atoms. The zero-order valence-electron chi connectivity index (χ0n) is 10.1. The van der Waals surface area contributed by atoms with Gasteiger partial charge in [-0.2, -0.15) is 8.78 Å². The molecular formula is C11H11F2NO5. The van der Waals surface area contributed by atoms with Crippen molar-refractivity contribution in [1.29, 1.82) is 0 Å². The molecule has 0 bridgehead atoms. The van der Waals surface area contributed by atoms with Crippen LogP contribution in [0.15, 0.2) is 18.3 Å². The van der Waals surface area contributed by atoms with Crippen molar-refractivity contribution in [3.8, 4) is 5.75 Å². The van der Waals surface area contributed by atoms with Crippen molar-refractivity contribution in [3.63, 3.8) is 0 Å². The Bertz CT molecular complexity index is 450. The van der Waals surface area contributed by atoms with Crippen LogP contribution in [0.1, 0.15) is 11.6 Å². The van der Waals surface area contributed by atoms with Crippen LogP contribution >= 0.6 is 0 Å². The van der Waals surface area contributed by atoms with E-state index in [0.717, 1.165) is 20.3 Å². The van der Waals surface area contributed by atoms with E-state index >= 15 is 0 Å². The number of methoxy groups -OCH3 is 2. The largest absolute Gasteiger partial charge is 0.468 e. The van der Waals surface area contributed by atoms with Gasteiger partial charge < -0.3 is 14.2 Å². The highest BCUT2D eigenvalue weighted by molar-refractivity contribution is 6.00. The molecule has 104 valence electrons. The van der Waals surface area contributed by atoms with Crippen LogP contribution in [0.25, 0.3) is 0 Å². The van der Waals surface area contributed by atoms with E-state index in [4.69, 9.17) is 0 Å². The summed E-state index contributed by atoms with van der Waals surface area (Å²) in [6, 6.07) is 2.49. The maximum Gasteiger partial charge on any atom is 0.387 e. The maximum absolute atomic E-state index is 12.2. The fraction of sp³-hybridized carbons (Fsp3) is 0.364. The van der Waals surface area contributed by atoms with E-state index in [1.165, 1.54) is 12.3 Å². The van der Waals surface area contributed by atoms with Gasteiger partial charge in [-0.15, -0.1) is 0 Å². The molecule has 0 aliphatic heterocycles. The molecule has 0 radical (unpaired) electrons. The van der Waals surface area contributed by atoms with E-state index in [1.54, 1.807) is 0 Å². The minimum Gasteiger partial charge on any atom is -0.468 e. The number of esters is 2. The highest BCUT2D eigenvalue weighted by Crippen LogP contribution is 2.27. The van der Waals surface area contributed by atoms with Gasteiger partial charge in [-0.05, 0) is 12.1 Å². The van der Waals surface area contributed by atoms with E-state index in [0.29, 0.717) is 0 Å². The highest BCUT2D eigenvalue weighted by atomic mass is 19.3. The van der Waals surface area contributed by atoms with Gasteiger partial charge in [-0.3, -0.25) is 14.6 Å². The van der Waals surface area contributed by atoms with Crippen LogP contribution in [0.4, 0.5) is 8.78 Å². The first kappa shape index (κ1) is 14.8. The lowest BCUT2D eigenvalue weighted by Crippen LogP contribution is -2.26. The normalized spacial score (nSPS) is 10.4. The van der Waals surface area contributed by atoms with Crippen LogP contribution in [-0.4, -0.2) is 37.8 Å². The molecule has 1 rings (SSSR count). The standard InChI is InChI=1S/C11H11F2NO5/c1-17-9(15)7(10(16)18-2)8-6(19-11(12)13)4-3-5-14-8/h3-5,7,11H,1-2H3. The van der Waals surface area contributed by atoms with Crippen LogP contribution in [0.3, 0.4) is 0 Å². The number of ether oxygens (including phenoxy) is 3. The number of aromatic nitrogens is 1. The minimum absolute atomic E-state index is 0.290. The summed E-state index contributed by atoms with van der Waals surface area (Å²) < 4.78 is 37.6. The van der Waals surface area contributed by atoms with Crippen LogP contribution in [0, 0.1) is 0 Å². The van der Waals surface area contributed by atoms with Gasteiger partial charge in [0, 0.05) is 6.20 Å². The van der Waals surface area contributed by atoms with Crippen molar-refractivity contribution < 1.29 is 32.6 Å². The molecule has 0 fully saturated rings. The van der Waals surface area contributed by atoms with Crippen LogP contribution < -0.4 is 4.74 Å². The van der Waals surface area contributed by atoms with Gasteiger partial charge >= 0.3 is 18.6 Å². The Hall–Kier alpha value is -2.25. The van der Waals surface area contributed by atoms with E-state index in [-0.39, 0.29) is 5.69 Å². The van der Waals surface area contributed by atoms with Crippen LogP contribution in [0.5, 0.6) is 5.75 Å². The average molecular weight is 275 g/mol. The molecular weight excluding hydrogens is 264 g/mol. The predicted octanol–water partition coefficient (Wildman–Crippen LogP) is 1.11. The van der Waals surface area contributed by atoms with Crippen molar-refractivity contribution in [2.24, 2.45) is 0 Å². The van der Waals surface area contributed by atoms with Crippen LogP contribution in [0.2, 0.25) is 0 Å². The summed E-state index contributed by atoms with van der Waals surface area (Å²) in [4.78, 5) is 26.8. The van der Waals surface area contributed by atoms with Gasteiger partial charge in [0.25, 0.3) is 0 Å². The van der Waals surface area contributed by atoms with E-state index in [2.05, 4.69) is 19.2 Å². The fourth-order valence-electron chi connectivity index (χ4n) is 1.37. The Morgan fingerprint density at radius 3 is 2.26 bits per heavy atom. The first-order chi connectivity index (χ1) is 9.01. The van der Waals surface area contributed by atoms with Gasteiger partial charge in [0.2, 0.25) is 0 Å². The highest BCUT2D eigenvalue weighted by Gasteiger charge is 2.35. The lowest BCUT2D eigenvalue weighted by Gasteiger charge is -2.15. The molecule has 0 saturated carbocycles. The quantitative estimate of drug-likeness (QED) is 0.592. The Labute approximate surface area is 107 Å². The zero-order valence-corrected chi connectivity index (χ0v) is 10.1. The van der Waals surface area contributed by atoms with Gasteiger partial charge in [0.05, 0.1) is 14.2 Å². The summed E-state index contributed by atoms with van der Waals surface area (Å²) in [5.41, 5.74) is -0.290. The third kappa shape index (κ3) is 3.60. The molecule has 19 heavy (non-hydrogen) atoms. The number of pyridine rings is 1. The number of halogens is 2. The summed E-state index contributed by atoms with van der Waals surface area (Å²) in [6.07, 6.45) is 1.23. The molecule has 0 saturated heterocycles. The minimum atomic E-state index is -3.11. The molecule has 0 N–H and O–H groups in total. The number of nitrogens with zero attached hydrogens (tertiary/aromatic N) is 1. The SMILES string of the molecule is COC(=O)C(C(=O)OC)c1ncccc1OC(F)F.